The highest BCUT2D eigenvalue weighted by Gasteiger charge is 2.20. The van der Waals surface area contributed by atoms with E-state index in [4.69, 9.17) is 4.42 Å². The predicted octanol–water partition coefficient (Wildman–Crippen LogP) is 4.59. The number of benzene rings is 1. The van der Waals surface area contributed by atoms with Crippen LogP contribution >= 0.6 is 0 Å². The Balaban J connectivity index is 1.74. The van der Waals surface area contributed by atoms with E-state index in [1.54, 1.807) is 0 Å². The molecular formula is C16H18O2. The molecular weight excluding hydrogens is 224 g/mol. The Morgan fingerprint density at radius 2 is 1.94 bits per heavy atom. The minimum absolute atomic E-state index is 0.165. The lowest BCUT2D eigenvalue weighted by molar-refractivity contribution is 0.0925. The second kappa shape index (κ2) is 4.97. The highest BCUT2D eigenvalue weighted by Crippen LogP contribution is 2.28. The van der Waals surface area contributed by atoms with Crippen molar-refractivity contribution in [3.05, 3.63) is 36.1 Å². The molecule has 2 heteroatoms. The van der Waals surface area contributed by atoms with Crippen molar-refractivity contribution < 1.29 is 9.21 Å². The lowest BCUT2D eigenvalue weighted by atomic mass is 9.85. The second-order valence-corrected chi connectivity index (χ2v) is 5.28. The number of fused-ring (bicyclic) bond motifs is 1. The molecule has 94 valence electrons. The monoisotopic (exact) mass is 242 g/mol. The van der Waals surface area contributed by atoms with Gasteiger partial charge in [-0.1, -0.05) is 50.3 Å². The highest BCUT2D eigenvalue weighted by atomic mass is 16.3. The number of Topliss-reactive ketones (excluding diaryl/α,β-unsaturated/α-hetero) is 1. The highest BCUT2D eigenvalue weighted by molar-refractivity contribution is 5.97. The second-order valence-electron chi connectivity index (χ2n) is 5.28. The Hall–Kier alpha value is -1.57. The molecule has 0 spiro atoms. The summed E-state index contributed by atoms with van der Waals surface area (Å²) in [7, 11) is 0. The maximum absolute atomic E-state index is 12.2. The van der Waals surface area contributed by atoms with Crippen LogP contribution in [-0.2, 0) is 0 Å². The number of furan rings is 1. The molecule has 1 heterocycles. The van der Waals surface area contributed by atoms with Gasteiger partial charge in [0.15, 0.2) is 11.5 Å². The van der Waals surface area contributed by atoms with Gasteiger partial charge in [-0.3, -0.25) is 4.79 Å². The number of para-hydroxylation sites is 1. The summed E-state index contributed by atoms with van der Waals surface area (Å²) in [6.07, 6.45) is 6.93. The lowest BCUT2D eigenvalue weighted by Gasteiger charge is -2.20. The van der Waals surface area contributed by atoms with Crippen molar-refractivity contribution in [1.82, 2.24) is 0 Å². The molecule has 1 aromatic carbocycles. The van der Waals surface area contributed by atoms with Gasteiger partial charge in [-0.15, -0.1) is 0 Å². The van der Waals surface area contributed by atoms with E-state index in [2.05, 4.69) is 0 Å². The van der Waals surface area contributed by atoms with Crippen molar-refractivity contribution in [2.24, 2.45) is 5.92 Å². The van der Waals surface area contributed by atoms with Crippen molar-refractivity contribution in [3.63, 3.8) is 0 Å². The summed E-state index contributed by atoms with van der Waals surface area (Å²) in [6.45, 7) is 0. The molecule has 0 radical (unpaired) electrons. The van der Waals surface area contributed by atoms with Gasteiger partial charge in [0.05, 0.1) is 0 Å². The Bertz CT molecular complexity index is 514. The first-order valence-electron chi connectivity index (χ1n) is 6.85. The number of ketones is 1. The zero-order chi connectivity index (χ0) is 12.4. The maximum Gasteiger partial charge on any atom is 0.198 e. The summed E-state index contributed by atoms with van der Waals surface area (Å²) < 4.78 is 5.62. The van der Waals surface area contributed by atoms with E-state index < -0.39 is 0 Å². The number of carbonyl (C=O) groups is 1. The van der Waals surface area contributed by atoms with Crippen molar-refractivity contribution >= 4 is 16.8 Å². The summed E-state index contributed by atoms with van der Waals surface area (Å²) in [5.74, 6) is 1.26. The minimum atomic E-state index is 0.165. The van der Waals surface area contributed by atoms with Crippen LogP contribution in [0.3, 0.4) is 0 Å². The van der Waals surface area contributed by atoms with Crippen LogP contribution in [0.25, 0.3) is 11.0 Å². The van der Waals surface area contributed by atoms with Gasteiger partial charge in [0, 0.05) is 11.8 Å². The average molecular weight is 242 g/mol. The van der Waals surface area contributed by atoms with E-state index in [0.717, 1.165) is 11.0 Å². The van der Waals surface area contributed by atoms with Gasteiger partial charge in [-0.25, -0.2) is 0 Å². The summed E-state index contributed by atoms with van der Waals surface area (Å²) in [6, 6.07) is 9.66. The molecule has 0 atom stereocenters. The first-order chi connectivity index (χ1) is 8.83. The van der Waals surface area contributed by atoms with Crippen LogP contribution in [0.5, 0.6) is 0 Å². The van der Waals surface area contributed by atoms with Gasteiger partial charge in [0.25, 0.3) is 0 Å². The molecule has 1 aliphatic rings. The van der Waals surface area contributed by atoms with Crippen molar-refractivity contribution in [2.75, 3.05) is 0 Å². The standard InChI is InChI=1S/C16H18O2/c17-14(10-12-6-2-1-3-7-12)16-11-13-8-4-5-9-15(13)18-16/h4-5,8-9,11-12H,1-3,6-7,10H2. The van der Waals surface area contributed by atoms with Crippen molar-refractivity contribution in [2.45, 2.75) is 38.5 Å². The van der Waals surface area contributed by atoms with Gasteiger partial charge < -0.3 is 4.42 Å². The quantitative estimate of drug-likeness (QED) is 0.737. The third-order valence-electron chi connectivity index (χ3n) is 3.90. The van der Waals surface area contributed by atoms with Gasteiger partial charge in [-0.05, 0) is 18.1 Å². The number of hydrogen-bond acceptors (Lipinski definition) is 2. The molecule has 0 bridgehead atoms. The van der Waals surface area contributed by atoms with E-state index in [0.29, 0.717) is 18.1 Å². The van der Waals surface area contributed by atoms with E-state index in [1.165, 1.54) is 32.1 Å². The Morgan fingerprint density at radius 3 is 2.72 bits per heavy atom. The largest absolute Gasteiger partial charge is 0.453 e. The molecule has 18 heavy (non-hydrogen) atoms. The third kappa shape index (κ3) is 2.33. The summed E-state index contributed by atoms with van der Waals surface area (Å²) in [4.78, 5) is 12.2. The Kier molecular flexibility index (Phi) is 3.18. The van der Waals surface area contributed by atoms with E-state index in [-0.39, 0.29) is 5.78 Å². The molecule has 0 aliphatic heterocycles. The molecule has 2 aromatic rings. The van der Waals surface area contributed by atoms with Crippen LogP contribution in [0.4, 0.5) is 0 Å². The number of hydrogen-bond donors (Lipinski definition) is 0. The smallest absolute Gasteiger partial charge is 0.198 e. The van der Waals surface area contributed by atoms with E-state index in [1.807, 2.05) is 30.3 Å². The van der Waals surface area contributed by atoms with Crippen LogP contribution in [0.1, 0.15) is 49.1 Å². The summed E-state index contributed by atoms with van der Waals surface area (Å²) >= 11 is 0. The summed E-state index contributed by atoms with van der Waals surface area (Å²) in [5, 5.41) is 1.02. The van der Waals surface area contributed by atoms with Crippen LogP contribution in [0.15, 0.2) is 34.7 Å². The first kappa shape index (κ1) is 11.5. The molecule has 1 aromatic heterocycles. The average Bonchev–Trinajstić information content (AvgIpc) is 2.84. The molecule has 0 N–H and O–H groups in total. The lowest BCUT2D eigenvalue weighted by Crippen LogP contribution is -2.11. The van der Waals surface area contributed by atoms with Crippen LogP contribution in [0.2, 0.25) is 0 Å². The van der Waals surface area contributed by atoms with E-state index in [9.17, 15) is 4.79 Å². The van der Waals surface area contributed by atoms with Crippen LogP contribution in [0, 0.1) is 5.92 Å². The molecule has 0 amide bonds. The molecule has 1 saturated carbocycles. The molecule has 3 rings (SSSR count). The first-order valence-corrected chi connectivity index (χ1v) is 6.85. The molecule has 1 aliphatic carbocycles. The van der Waals surface area contributed by atoms with Crippen LogP contribution in [-0.4, -0.2) is 5.78 Å². The molecule has 1 fully saturated rings. The van der Waals surface area contributed by atoms with E-state index >= 15 is 0 Å². The van der Waals surface area contributed by atoms with Gasteiger partial charge in [0.2, 0.25) is 0 Å². The van der Waals surface area contributed by atoms with Crippen molar-refractivity contribution in [1.29, 1.82) is 0 Å². The zero-order valence-electron chi connectivity index (χ0n) is 10.5. The SMILES string of the molecule is O=C(CC1CCCCC1)c1cc2ccccc2o1. The fraction of sp³-hybridized carbons (Fsp3) is 0.438. The number of rotatable bonds is 3. The molecule has 0 saturated heterocycles. The van der Waals surface area contributed by atoms with Gasteiger partial charge >= 0.3 is 0 Å². The maximum atomic E-state index is 12.2. The Labute approximate surface area is 107 Å². The third-order valence-corrected chi connectivity index (χ3v) is 3.90. The van der Waals surface area contributed by atoms with Crippen LogP contribution < -0.4 is 0 Å². The van der Waals surface area contributed by atoms with Crippen molar-refractivity contribution in [3.8, 4) is 0 Å². The molecule has 0 unspecified atom stereocenters. The summed E-state index contributed by atoms with van der Waals surface area (Å²) in [5.41, 5.74) is 0.810. The minimum Gasteiger partial charge on any atom is -0.453 e. The zero-order valence-corrected chi connectivity index (χ0v) is 10.5. The topological polar surface area (TPSA) is 30.2 Å². The normalized spacial score (nSPS) is 17.1. The van der Waals surface area contributed by atoms with Gasteiger partial charge in [0.1, 0.15) is 5.58 Å². The fourth-order valence-electron chi connectivity index (χ4n) is 2.87. The predicted molar refractivity (Wildman–Crippen MR) is 71.7 cm³/mol. The van der Waals surface area contributed by atoms with Gasteiger partial charge in [-0.2, -0.15) is 0 Å². The fourth-order valence-corrected chi connectivity index (χ4v) is 2.87. The molecule has 2 nitrogen and oxygen atoms in total. The Morgan fingerprint density at radius 1 is 1.17 bits per heavy atom. The number of carbonyl (C=O) groups excluding carboxylic acids is 1.